The minimum atomic E-state index is -0.900. The molecule has 2 fully saturated rings. The third-order valence-corrected chi connectivity index (χ3v) is 6.73. The lowest BCUT2D eigenvalue weighted by Crippen LogP contribution is -2.76. The number of carbonyl (C=O) groups is 1. The number of ether oxygens (including phenoxy) is 2. The van der Waals surface area contributed by atoms with E-state index in [9.17, 15) is 9.90 Å². The second-order valence-electron chi connectivity index (χ2n) is 7.44. The lowest BCUT2D eigenvalue weighted by molar-refractivity contribution is -0.185. The fourth-order valence-corrected chi connectivity index (χ4v) is 5.69. The van der Waals surface area contributed by atoms with Crippen LogP contribution in [-0.4, -0.2) is 54.2 Å². The van der Waals surface area contributed by atoms with E-state index >= 15 is 0 Å². The average molecular weight is 317 g/mol. The number of rotatable bonds is 1. The van der Waals surface area contributed by atoms with Gasteiger partial charge >= 0.3 is 0 Å². The van der Waals surface area contributed by atoms with Crippen LogP contribution in [0.25, 0.3) is 0 Å². The number of nitrogens with zero attached hydrogens (tertiary/aromatic N) is 1. The predicted octanol–water partition coefficient (Wildman–Crippen LogP) is 1.05. The number of Topliss-reactive ketones (excluding diaryl/α,β-unsaturated/α-hetero) is 1. The van der Waals surface area contributed by atoms with E-state index in [0.717, 1.165) is 24.9 Å². The fourth-order valence-electron chi connectivity index (χ4n) is 5.69. The summed E-state index contributed by atoms with van der Waals surface area (Å²) >= 11 is 0. The van der Waals surface area contributed by atoms with Crippen LogP contribution in [0.3, 0.4) is 0 Å². The van der Waals surface area contributed by atoms with Crippen molar-refractivity contribution < 1.29 is 19.4 Å². The van der Waals surface area contributed by atoms with Crippen LogP contribution in [0, 0.1) is 0 Å². The second kappa shape index (κ2) is 4.08. The highest BCUT2D eigenvalue weighted by atomic mass is 18.3. The van der Waals surface area contributed by atoms with Gasteiger partial charge in [0.1, 0.15) is 0 Å². The van der Waals surface area contributed by atoms with Crippen LogP contribution in [-0.2, 0) is 16.6 Å². The van der Waals surface area contributed by atoms with Gasteiger partial charge in [-0.25, -0.2) is 0 Å². The summed E-state index contributed by atoms with van der Waals surface area (Å²) in [5.41, 5.74) is 0.737. The average Bonchev–Trinajstić information content (AvgIpc) is 2.90. The maximum absolute atomic E-state index is 12.7. The third kappa shape index (κ3) is 1.32. The highest BCUT2D eigenvalue weighted by Gasteiger charge is 2.72. The molecule has 1 aromatic rings. The monoisotopic (exact) mass is 317 g/mol. The van der Waals surface area contributed by atoms with Crippen molar-refractivity contribution in [3.05, 3.63) is 23.3 Å². The smallest absolute Gasteiger partial charge is 0.174 e. The van der Waals surface area contributed by atoms with Crippen molar-refractivity contribution >= 4 is 5.78 Å². The number of methoxy groups -OCH3 is 1. The van der Waals surface area contributed by atoms with Gasteiger partial charge in [-0.05, 0) is 44.5 Å². The molecular formula is C18H21NO4. The number of piperidine rings is 1. The van der Waals surface area contributed by atoms with E-state index in [1.54, 1.807) is 7.11 Å². The molecule has 2 aliphatic carbocycles. The van der Waals surface area contributed by atoms with Gasteiger partial charge in [0.25, 0.3) is 0 Å². The van der Waals surface area contributed by atoms with Gasteiger partial charge in [0.2, 0.25) is 0 Å². The van der Waals surface area contributed by atoms with Gasteiger partial charge in [-0.3, -0.25) is 4.79 Å². The molecule has 1 saturated heterocycles. The maximum atomic E-state index is 12.7. The Balaban J connectivity index is 1.86. The summed E-state index contributed by atoms with van der Waals surface area (Å²) in [6.07, 6.45) is 1.89. The molecule has 1 spiro atoms. The van der Waals surface area contributed by atoms with Crippen LogP contribution < -0.4 is 9.47 Å². The zero-order valence-electron chi connectivity index (χ0n) is 13.5. The molecule has 2 aliphatic heterocycles. The summed E-state index contributed by atoms with van der Waals surface area (Å²) in [6.45, 7) is 0.871. The molecule has 0 unspecified atom stereocenters. The molecule has 23 heavy (non-hydrogen) atoms. The van der Waals surface area contributed by atoms with Crippen molar-refractivity contribution in [2.75, 3.05) is 20.7 Å². The Morgan fingerprint density at radius 2 is 2.22 bits per heavy atom. The molecule has 5 nitrogen and oxygen atoms in total. The van der Waals surface area contributed by atoms with Gasteiger partial charge < -0.3 is 19.5 Å². The SMILES string of the molecule is C[18O]c1ccc2c3c1O[C@H]1C(=O)CC[C@@]4(O)[C@@H](C2)N(C)CC[C@]314. The number of ketones is 1. The standard InChI is InChI=1S/C18H21NO4/c1-19-8-7-17-14-10-3-4-12(22-2)15(14)23-16(17)11(20)5-6-18(17,21)13(19)9-10/h3-4,13,16,21H,5-9H2,1-2H3/t13-,16+,17+,18-/m1/s1/i22+2. The van der Waals surface area contributed by atoms with Crippen molar-refractivity contribution in [1.29, 1.82) is 0 Å². The van der Waals surface area contributed by atoms with Gasteiger partial charge in [-0.15, -0.1) is 0 Å². The van der Waals surface area contributed by atoms with Crippen LogP contribution in [0.5, 0.6) is 11.5 Å². The summed E-state index contributed by atoms with van der Waals surface area (Å²) in [5.74, 6) is 1.47. The third-order valence-electron chi connectivity index (χ3n) is 6.73. The summed E-state index contributed by atoms with van der Waals surface area (Å²) in [4.78, 5) is 14.9. The van der Waals surface area contributed by atoms with Gasteiger partial charge in [0.15, 0.2) is 23.4 Å². The van der Waals surface area contributed by atoms with Crippen LogP contribution in [0.4, 0.5) is 0 Å². The van der Waals surface area contributed by atoms with Crippen molar-refractivity contribution in [2.24, 2.45) is 0 Å². The molecule has 0 amide bonds. The predicted molar refractivity (Wildman–Crippen MR) is 83.0 cm³/mol. The Bertz CT molecular complexity index is 732. The molecule has 2 bridgehead atoms. The first-order valence-electron chi connectivity index (χ1n) is 8.35. The van der Waals surface area contributed by atoms with Crippen LogP contribution in [0.1, 0.15) is 30.4 Å². The molecule has 2 heterocycles. The molecule has 4 atom stereocenters. The minimum Gasteiger partial charge on any atom is -0.493 e. The Labute approximate surface area is 135 Å². The summed E-state index contributed by atoms with van der Waals surface area (Å²) < 4.78 is 11.6. The molecule has 0 radical (unpaired) electrons. The van der Waals surface area contributed by atoms with Gasteiger partial charge in [0, 0.05) is 18.0 Å². The molecule has 1 aromatic carbocycles. The molecule has 1 saturated carbocycles. The van der Waals surface area contributed by atoms with E-state index in [4.69, 9.17) is 9.47 Å². The molecular weight excluding hydrogens is 296 g/mol. The first-order chi connectivity index (χ1) is 11.0. The first-order valence-corrected chi connectivity index (χ1v) is 8.35. The zero-order valence-corrected chi connectivity index (χ0v) is 13.5. The van der Waals surface area contributed by atoms with E-state index in [1.165, 1.54) is 5.56 Å². The molecule has 0 aromatic heterocycles. The van der Waals surface area contributed by atoms with E-state index in [1.807, 2.05) is 6.07 Å². The largest absolute Gasteiger partial charge is 0.493 e. The molecule has 122 valence electrons. The van der Waals surface area contributed by atoms with E-state index in [0.29, 0.717) is 24.3 Å². The van der Waals surface area contributed by atoms with Crippen molar-refractivity contribution in [3.8, 4) is 11.5 Å². The van der Waals surface area contributed by atoms with Crippen molar-refractivity contribution in [1.82, 2.24) is 4.90 Å². The van der Waals surface area contributed by atoms with Crippen molar-refractivity contribution in [3.63, 3.8) is 0 Å². The number of hydrogen-bond donors (Lipinski definition) is 1. The van der Waals surface area contributed by atoms with E-state index < -0.39 is 17.1 Å². The highest BCUT2D eigenvalue weighted by molar-refractivity contribution is 5.90. The van der Waals surface area contributed by atoms with Crippen LogP contribution in [0.15, 0.2) is 12.1 Å². The normalized spacial score (nSPS) is 40.6. The van der Waals surface area contributed by atoms with E-state index in [2.05, 4.69) is 18.0 Å². The van der Waals surface area contributed by atoms with Crippen LogP contribution >= 0.6 is 0 Å². The zero-order chi connectivity index (χ0) is 16.0. The summed E-state index contributed by atoms with van der Waals surface area (Å²) in [7, 11) is 3.70. The van der Waals surface area contributed by atoms with E-state index in [-0.39, 0.29) is 11.8 Å². The second-order valence-corrected chi connectivity index (χ2v) is 7.44. The number of hydrogen-bond acceptors (Lipinski definition) is 5. The highest BCUT2D eigenvalue weighted by Crippen LogP contribution is 2.64. The van der Waals surface area contributed by atoms with Gasteiger partial charge in [-0.2, -0.15) is 0 Å². The number of aliphatic hydroxyl groups is 1. The maximum Gasteiger partial charge on any atom is 0.174 e. The topological polar surface area (TPSA) is 59.0 Å². The Kier molecular flexibility index (Phi) is 2.45. The number of carbonyl (C=O) groups excluding carboxylic acids is 1. The van der Waals surface area contributed by atoms with Gasteiger partial charge in [0.05, 0.1) is 18.1 Å². The number of likely N-dealkylation sites (N-methyl/N-ethyl adjacent to an activating group) is 1. The van der Waals surface area contributed by atoms with Gasteiger partial charge in [-0.1, -0.05) is 6.07 Å². The Hall–Kier alpha value is -1.59. The lowest BCUT2D eigenvalue weighted by Gasteiger charge is -2.62. The van der Waals surface area contributed by atoms with Crippen LogP contribution in [0.2, 0.25) is 0 Å². The lowest BCUT2D eigenvalue weighted by atomic mass is 9.49. The summed E-state index contributed by atoms with van der Waals surface area (Å²) in [6, 6.07) is 4.05. The Morgan fingerprint density at radius 3 is 3.00 bits per heavy atom. The molecule has 5 heteroatoms. The summed E-state index contributed by atoms with van der Waals surface area (Å²) in [5, 5.41) is 11.7. The first kappa shape index (κ1) is 13.8. The van der Waals surface area contributed by atoms with Crippen molar-refractivity contribution in [2.45, 2.75) is 48.8 Å². The number of likely N-dealkylation sites (tertiary alicyclic amines) is 1. The fraction of sp³-hybridized carbons (Fsp3) is 0.611. The molecule has 5 rings (SSSR count). The molecule has 1 N–H and O–H groups in total. The minimum absolute atomic E-state index is 0.0438. The quantitative estimate of drug-likeness (QED) is 0.785. The Morgan fingerprint density at radius 1 is 1.39 bits per heavy atom. The number of benzene rings is 1. The molecule has 4 aliphatic rings.